The summed E-state index contributed by atoms with van der Waals surface area (Å²) in [7, 11) is 1.89. The van der Waals surface area contributed by atoms with Crippen LogP contribution in [-0.2, 0) is 4.74 Å². The monoisotopic (exact) mass is 522 g/mol. The minimum atomic E-state index is -0.481. The van der Waals surface area contributed by atoms with Crippen LogP contribution in [0.2, 0.25) is 0 Å². The molecule has 206 valence electrons. The van der Waals surface area contributed by atoms with Crippen molar-refractivity contribution in [2.75, 3.05) is 46.4 Å². The van der Waals surface area contributed by atoms with Gasteiger partial charge in [-0.2, -0.15) is 0 Å². The molecule has 2 amide bonds. The zero-order valence-electron chi connectivity index (χ0n) is 23.2. The van der Waals surface area contributed by atoms with Gasteiger partial charge in [0.25, 0.3) is 5.91 Å². The average Bonchev–Trinajstić information content (AvgIpc) is 2.89. The van der Waals surface area contributed by atoms with Gasteiger partial charge in [-0.3, -0.25) is 9.78 Å². The molecule has 4 rings (SSSR count). The number of likely N-dealkylation sites (tertiary alicyclic amines) is 1. The number of aromatic nitrogens is 1. The molecule has 1 aromatic carbocycles. The molecule has 1 atom stereocenters. The minimum Gasteiger partial charge on any atom is -0.491 e. The number of fused-ring (bicyclic) bond motifs is 4. The van der Waals surface area contributed by atoms with Crippen LogP contribution in [0.15, 0.2) is 42.6 Å². The molecule has 3 heterocycles. The Labute approximate surface area is 226 Å². The van der Waals surface area contributed by atoms with Crippen LogP contribution in [0.4, 0.5) is 4.79 Å². The maximum atomic E-state index is 13.4. The lowest BCUT2D eigenvalue weighted by molar-refractivity contribution is 0.0172. The molecule has 2 aliphatic rings. The third-order valence-corrected chi connectivity index (χ3v) is 7.15. The minimum absolute atomic E-state index is 0.00451. The van der Waals surface area contributed by atoms with Crippen LogP contribution >= 0.6 is 0 Å². The van der Waals surface area contributed by atoms with Gasteiger partial charge in [-0.25, -0.2) is 4.79 Å². The van der Waals surface area contributed by atoms with E-state index in [1.165, 1.54) is 0 Å². The number of carbonyl (C=O) groups excluding carboxylic acids is 2. The highest BCUT2D eigenvalue weighted by Gasteiger charge is 2.29. The van der Waals surface area contributed by atoms with Gasteiger partial charge in [0.15, 0.2) is 0 Å². The molecule has 1 fully saturated rings. The normalized spacial score (nSPS) is 20.1. The molecule has 8 heteroatoms. The van der Waals surface area contributed by atoms with Gasteiger partial charge in [0.1, 0.15) is 17.0 Å². The summed E-state index contributed by atoms with van der Waals surface area (Å²) < 4.78 is 11.6. The molecule has 2 aromatic rings. The fourth-order valence-electron chi connectivity index (χ4n) is 5.27. The lowest BCUT2D eigenvalue weighted by atomic mass is 9.86. The number of hydrogen-bond acceptors (Lipinski definition) is 6. The van der Waals surface area contributed by atoms with E-state index in [4.69, 9.17) is 9.47 Å². The van der Waals surface area contributed by atoms with Crippen LogP contribution in [-0.4, -0.2) is 78.8 Å². The van der Waals surface area contributed by atoms with E-state index in [1.807, 2.05) is 74.0 Å². The second-order valence-corrected chi connectivity index (χ2v) is 11.5. The molecule has 0 radical (unpaired) electrons. The molecule has 1 N–H and O–H groups in total. The summed E-state index contributed by atoms with van der Waals surface area (Å²) in [5.74, 6) is 1.56. The highest BCUT2D eigenvalue weighted by Crippen LogP contribution is 2.29. The summed E-state index contributed by atoms with van der Waals surface area (Å²) in [6.07, 6.45) is 5.33. The summed E-state index contributed by atoms with van der Waals surface area (Å²) in [5.41, 5.74) is 1.80. The van der Waals surface area contributed by atoms with Crippen LogP contribution in [0.5, 0.6) is 5.75 Å². The number of carbonyl (C=O) groups is 2. The van der Waals surface area contributed by atoms with Gasteiger partial charge in [-0.15, -0.1) is 0 Å². The van der Waals surface area contributed by atoms with E-state index in [0.717, 1.165) is 55.8 Å². The van der Waals surface area contributed by atoms with Crippen molar-refractivity contribution in [3.05, 3.63) is 48.2 Å². The second kappa shape index (κ2) is 12.6. The van der Waals surface area contributed by atoms with Crippen molar-refractivity contribution in [2.24, 2.45) is 11.8 Å². The summed E-state index contributed by atoms with van der Waals surface area (Å²) >= 11 is 0. The van der Waals surface area contributed by atoms with Gasteiger partial charge in [0, 0.05) is 44.0 Å². The molecule has 0 aliphatic carbocycles. The fourth-order valence-corrected chi connectivity index (χ4v) is 5.27. The highest BCUT2D eigenvalue weighted by atomic mass is 16.6. The summed E-state index contributed by atoms with van der Waals surface area (Å²) in [6.45, 7) is 10.1. The Kier molecular flexibility index (Phi) is 9.26. The SMILES string of the molecule is CN1CC(CC2CCN(C(=O)OC(C)(C)C)CC2)CNCCCOc2cccnc2-c2cccc(c2)C1=O. The van der Waals surface area contributed by atoms with Crippen LogP contribution in [0.25, 0.3) is 11.3 Å². The van der Waals surface area contributed by atoms with Crippen molar-refractivity contribution >= 4 is 12.0 Å². The van der Waals surface area contributed by atoms with E-state index in [-0.39, 0.29) is 12.0 Å². The van der Waals surface area contributed by atoms with Crippen LogP contribution < -0.4 is 10.1 Å². The molecule has 1 unspecified atom stereocenters. The standard InChI is InChI=1S/C30H42N4O4/c1-30(2,3)38-29(36)34-15-11-22(12-16-34)18-23-20-31-13-7-17-37-26-10-6-14-32-27(26)24-8-5-9-25(19-24)28(35)33(4)21-23/h5-6,8-10,14,19,22-23,31H,7,11-13,15-18,20-21H2,1-4H3. The van der Waals surface area contributed by atoms with Gasteiger partial charge in [0.05, 0.1) is 6.61 Å². The summed E-state index contributed by atoms with van der Waals surface area (Å²) in [5, 5.41) is 3.59. The molecular weight excluding hydrogens is 480 g/mol. The Balaban J connectivity index is 1.42. The van der Waals surface area contributed by atoms with Crippen molar-refractivity contribution in [3.8, 4) is 17.0 Å². The van der Waals surface area contributed by atoms with Gasteiger partial charge in [-0.05, 0) is 95.6 Å². The molecule has 2 bridgehead atoms. The smallest absolute Gasteiger partial charge is 0.410 e. The molecule has 0 spiro atoms. The Morgan fingerprint density at radius 2 is 1.89 bits per heavy atom. The van der Waals surface area contributed by atoms with Crippen molar-refractivity contribution in [3.63, 3.8) is 0 Å². The molecule has 1 saturated heterocycles. The maximum Gasteiger partial charge on any atom is 0.410 e. The van der Waals surface area contributed by atoms with E-state index in [1.54, 1.807) is 6.20 Å². The quantitative estimate of drug-likeness (QED) is 0.607. The van der Waals surface area contributed by atoms with E-state index >= 15 is 0 Å². The topological polar surface area (TPSA) is 84.0 Å². The van der Waals surface area contributed by atoms with Crippen LogP contribution in [0, 0.1) is 11.8 Å². The lowest BCUT2D eigenvalue weighted by Gasteiger charge is -2.35. The number of amides is 2. The third-order valence-electron chi connectivity index (χ3n) is 7.15. The third kappa shape index (κ3) is 7.69. The predicted molar refractivity (Wildman–Crippen MR) is 148 cm³/mol. The van der Waals surface area contributed by atoms with E-state index < -0.39 is 5.60 Å². The van der Waals surface area contributed by atoms with Gasteiger partial charge < -0.3 is 24.6 Å². The molecule has 8 nitrogen and oxygen atoms in total. The Morgan fingerprint density at radius 1 is 1.13 bits per heavy atom. The molecule has 0 saturated carbocycles. The van der Waals surface area contributed by atoms with Crippen molar-refractivity contribution < 1.29 is 19.1 Å². The van der Waals surface area contributed by atoms with E-state index in [0.29, 0.717) is 43.6 Å². The van der Waals surface area contributed by atoms with Crippen molar-refractivity contribution in [1.82, 2.24) is 20.1 Å². The molecular formula is C30H42N4O4. The number of benzene rings is 1. The average molecular weight is 523 g/mol. The summed E-state index contributed by atoms with van der Waals surface area (Å²) in [4.78, 5) is 34.1. The second-order valence-electron chi connectivity index (χ2n) is 11.5. The number of piperidine rings is 1. The number of nitrogens with one attached hydrogen (secondary N) is 1. The Morgan fingerprint density at radius 3 is 2.66 bits per heavy atom. The number of nitrogens with zero attached hydrogens (tertiary/aromatic N) is 3. The molecule has 2 aliphatic heterocycles. The van der Waals surface area contributed by atoms with E-state index in [9.17, 15) is 9.59 Å². The van der Waals surface area contributed by atoms with Crippen molar-refractivity contribution in [2.45, 2.75) is 52.1 Å². The first-order chi connectivity index (χ1) is 18.2. The maximum absolute atomic E-state index is 13.4. The fraction of sp³-hybridized carbons (Fsp3) is 0.567. The number of pyridine rings is 1. The number of hydrogen-bond donors (Lipinski definition) is 1. The zero-order valence-corrected chi connectivity index (χ0v) is 23.2. The number of ether oxygens (including phenoxy) is 2. The lowest BCUT2D eigenvalue weighted by Crippen LogP contribution is -2.43. The first-order valence-electron chi connectivity index (χ1n) is 13.8. The Bertz CT molecular complexity index is 1090. The predicted octanol–water partition coefficient (Wildman–Crippen LogP) is 4.85. The van der Waals surface area contributed by atoms with Crippen LogP contribution in [0.3, 0.4) is 0 Å². The largest absolute Gasteiger partial charge is 0.491 e. The first kappa shape index (κ1) is 27.9. The Hall–Kier alpha value is -3.13. The summed E-state index contributed by atoms with van der Waals surface area (Å²) in [6, 6.07) is 11.5. The van der Waals surface area contributed by atoms with Crippen molar-refractivity contribution in [1.29, 1.82) is 0 Å². The number of rotatable bonds is 2. The molecule has 1 aromatic heterocycles. The zero-order chi connectivity index (χ0) is 27.1. The van der Waals surface area contributed by atoms with Gasteiger partial charge in [-0.1, -0.05) is 12.1 Å². The first-order valence-corrected chi connectivity index (χ1v) is 13.8. The van der Waals surface area contributed by atoms with E-state index in [2.05, 4.69) is 10.3 Å². The van der Waals surface area contributed by atoms with Crippen LogP contribution in [0.1, 0.15) is 56.8 Å². The van der Waals surface area contributed by atoms with Gasteiger partial charge in [0.2, 0.25) is 0 Å². The van der Waals surface area contributed by atoms with Gasteiger partial charge >= 0.3 is 6.09 Å². The molecule has 38 heavy (non-hydrogen) atoms. The highest BCUT2D eigenvalue weighted by molar-refractivity contribution is 5.95.